The predicted octanol–water partition coefficient (Wildman–Crippen LogP) is 3.11. The van der Waals surface area contributed by atoms with Crippen LogP contribution in [-0.4, -0.2) is 23.9 Å². The molecule has 1 aromatic heterocycles. The molecule has 0 unspecified atom stereocenters. The lowest BCUT2D eigenvalue weighted by Gasteiger charge is -2.17. The number of amidine groups is 1. The second kappa shape index (κ2) is 6.57. The summed E-state index contributed by atoms with van der Waals surface area (Å²) >= 11 is 1.83. The van der Waals surface area contributed by atoms with Crippen LogP contribution in [0.3, 0.4) is 0 Å². The van der Waals surface area contributed by atoms with Gasteiger partial charge in [-0.2, -0.15) is 0 Å². The Morgan fingerprint density at radius 2 is 2.10 bits per heavy atom. The molecule has 1 aromatic carbocycles. The van der Waals surface area contributed by atoms with Gasteiger partial charge in [0.05, 0.1) is 0 Å². The van der Waals surface area contributed by atoms with E-state index in [0.717, 1.165) is 31.1 Å². The number of aliphatic imine (C=N–C) groups is 1. The van der Waals surface area contributed by atoms with Crippen LogP contribution in [0.2, 0.25) is 0 Å². The highest BCUT2D eigenvalue weighted by atomic mass is 32.2. The quantitative estimate of drug-likeness (QED) is 0.876. The number of aromatic nitrogens is 1. The summed E-state index contributed by atoms with van der Waals surface area (Å²) in [5, 5.41) is 3.40. The molecule has 3 rings (SSSR count). The van der Waals surface area contributed by atoms with Crippen molar-refractivity contribution in [3.05, 3.63) is 59.9 Å². The molecule has 2 aromatic rings. The van der Waals surface area contributed by atoms with E-state index in [1.54, 1.807) is 0 Å². The number of hydrogen-bond acceptors (Lipinski definition) is 4. The van der Waals surface area contributed by atoms with Crippen molar-refractivity contribution in [2.24, 2.45) is 4.99 Å². The molecular weight excluding hydrogens is 266 g/mol. The van der Waals surface area contributed by atoms with Crippen LogP contribution < -0.4 is 5.32 Å². The molecule has 20 heavy (non-hydrogen) atoms. The Labute approximate surface area is 123 Å². The normalized spacial score (nSPS) is 14.5. The Kier molecular flexibility index (Phi) is 4.33. The van der Waals surface area contributed by atoms with Crippen molar-refractivity contribution >= 4 is 17.6 Å². The zero-order chi connectivity index (χ0) is 13.6. The zero-order valence-electron chi connectivity index (χ0n) is 11.2. The topological polar surface area (TPSA) is 37.3 Å². The lowest BCUT2D eigenvalue weighted by Crippen LogP contribution is -2.30. The molecule has 1 aliphatic rings. The van der Waals surface area contributed by atoms with Gasteiger partial charge >= 0.3 is 0 Å². The van der Waals surface area contributed by atoms with Crippen molar-refractivity contribution < 1.29 is 0 Å². The second-order valence-corrected chi connectivity index (χ2v) is 5.67. The predicted molar refractivity (Wildman–Crippen MR) is 84.3 cm³/mol. The first-order valence-corrected chi connectivity index (χ1v) is 7.81. The van der Waals surface area contributed by atoms with Gasteiger partial charge in [0.1, 0.15) is 5.84 Å². The minimum atomic E-state index is 0.921. The average Bonchev–Trinajstić information content (AvgIpc) is 2.55. The molecule has 0 fully saturated rings. The first-order valence-electron chi connectivity index (χ1n) is 6.83. The maximum atomic E-state index is 4.60. The van der Waals surface area contributed by atoms with E-state index >= 15 is 0 Å². The molecule has 2 heterocycles. The van der Waals surface area contributed by atoms with Crippen molar-refractivity contribution in [1.82, 2.24) is 10.3 Å². The van der Waals surface area contributed by atoms with Crippen molar-refractivity contribution in [3.8, 4) is 0 Å². The van der Waals surface area contributed by atoms with Gasteiger partial charge in [0.15, 0.2) is 0 Å². The monoisotopic (exact) mass is 283 g/mol. The molecule has 3 nitrogen and oxygen atoms in total. The van der Waals surface area contributed by atoms with Gasteiger partial charge in [-0.1, -0.05) is 24.3 Å². The van der Waals surface area contributed by atoms with Crippen LogP contribution in [0.15, 0.2) is 58.7 Å². The van der Waals surface area contributed by atoms with Crippen molar-refractivity contribution in [1.29, 1.82) is 0 Å². The first-order chi connectivity index (χ1) is 9.93. The Morgan fingerprint density at radius 1 is 1.15 bits per heavy atom. The third-order valence-electron chi connectivity index (χ3n) is 3.16. The lowest BCUT2D eigenvalue weighted by atomic mass is 10.2. The molecule has 0 saturated carbocycles. The molecule has 102 valence electrons. The molecule has 0 spiro atoms. The average molecular weight is 283 g/mol. The standard InChI is InChI=1S/C16H17N3S/c1-2-7-15(20-12-13-5-3-8-17-11-13)14(6-1)16-18-9-4-10-19-16/h1-3,5-8,11H,4,9-10,12H2,(H,18,19). The van der Waals surface area contributed by atoms with Crippen LogP contribution in [0.25, 0.3) is 0 Å². The van der Waals surface area contributed by atoms with Crippen molar-refractivity contribution in [2.45, 2.75) is 17.1 Å². The summed E-state index contributed by atoms with van der Waals surface area (Å²) in [4.78, 5) is 10.0. The highest BCUT2D eigenvalue weighted by Crippen LogP contribution is 2.26. The van der Waals surface area contributed by atoms with Crippen LogP contribution in [0, 0.1) is 0 Å². The van der Waals surface area contributed by atoms with Crippen molar-refractivity contribution in [3.63, 3.8) is 0 Å². The number of thioether (sulfide) groups is 1. The smallest absolute Gasteiger partial charge is 0.129 e. The fourth-order valence-corrected chi connectivity index (χ4v) is 3.13. The van der Waals surface area contributed by atoms with E-state index in [0.29, 0.717) is 0 Å². The Morgan fingerprint density at radius 3 is 2.90 bits per heavy atom. The highest BCUT2D eigenvalue weighted by molar-refractivity contribution is 7.98. The van der Waals surface area contributed by atoms with Crippen LogP contribution in [0.4, 0.5) is 0 Å². The van der Waals surface area contributed by atoms with E-state index in [9.17, 15) is 0 Å². The van der Waals surface area contributed by atoms with Gasteiger partial charge < -0.3 is 5.32 Å². The summed E-state index contributed by atoms with van der Waals surface area (Å²) in [6.45, 7) is 1.93. The number of pyridine rings is 1. The molecule has 1 aliphatic heterocycles. The van der Waals surface area contributed by atoms with Crippen LogP contribution in [-0.2, 0) is 5.75 Å². The molecule has 0 atom stereocenters. The number of benzene rings is 1. The van der Waals surface area contributed by atoms with Crippen LogP contribution in [0.1, 0.15) is 17.5 Å². The number of nitrogens with one attached hydrogen (secondary N) is 1. The van der Waals surface area contributed by atoms with E-state index in [4.69, 9.17) is 0 Å². The molecule has 0 amide bonds. The van der Waals surface area contributed by atoms with E-state index in [1.165, 1.54) is 16.0 Å². The number of nitrogens with zero attached hydrogens (tertiary/aromatic N) is 2. The van der Waals surface area contributed by atoms with E-state index in [1.807, 2.05) is 30.2 Å². The fraction of sp³-hybridized carbons (Fsp3) is 0.250. The Bertz CT molecular complexity index is 596. The summed E-state index contributed by atoms with van der Waals surface area (Å²) in [6, 6.07) is 12.5. The number of hydrogen-bond donors (Lipinski definition) is 1. The first kappa shape index (κ1) is 13.2. The lowest BCUT2D eigenvalue weighted by molar-refractivity contribution is 0.741. The molecule has 0 bridgehead atoms. The van der Waals surface area contributed by atoms with Crippen LogP contribution >= 0.6 is 11.8 Å². The van der Waals surface area contributed by atoms with Crippen molar-refractivity contribution in [2.75, 3.05) is 13.1 Å². The summed E-state index contributed by atoms with van der Waals surface area (Å²) in [6.07, 6.45) is 4.85. The van der Waals surface area contributed by atoms with Gasteiger partial charge in [-0.15, -0.1) is 11.8 Å². The minimum absolute atomic E-state index is 0.921. The molecule has 1 N–H and O–H groups in total. The Hall–Kier alpha value is -1.81. The highest BCUT2D eigenvalue weighted by Gasteiger charge is 2.11. The van der Waals surface area contributed by atoms with Gasteiger partial charge in [0, 0.05) is 41.7 Å². The van der Waals surface area contributed by atoms with Gasteiger partial charge in [-0.05, 0) is 24.1 Å². The second-order valence-electron chi connectivity index (χ2n) is 4.66. The van der Waals surface area contributed by atoms with Gasteiger partial charge in [-0.3, -0.25) is 9.98 Å². The maximum Gasteiger partial charge on any atom is 0.129 e. The molecular formula is C16H17N3S. The largest absolute Gasteiger partial charge is 0.370 e. The SMILES string of the molecule is c1cncc(CSc2ccccc2C2=NCCCN2)c1. The zero-order valence-corrected chi connectivity index (χ0v) is 12.1. The maximum absolute atomic E-state index is 4.60. The third-order valence-corrected chi connectivity index (χ3v) is 4.30. The van der Waals surface area contributed by atoms with E-state index in [-0.39, 0.29) is 0 Å². The summed E-state index contributed by atoms with van der Waals surface area (Å²) in [5.74, 6) is 1.96. The van der Waals surface area contributed by atoms with Gasteiger partial charge in [0.25, 0.3) is 0 Å². The summed E-state index contributed by atoms with van der Waals surface area (Å²) < 4.78 is 0. The van der Waals surface area contributed by atoms with Gasteiger partial charge in [-0.25, -0.2) is 0 Å². The third kappa shape index (κ3) is 3.20. The fourth-order valence-electron chi connectivity index (χ4n) is 2.15. The van der Waals surface area contributed by atoms with E-state index < -0.39 is 0 Å². The minimum Gasteiger partial charge on any atom is -0.370 e. The number of rotatable bonds is 4. The summed E-state index contributed by atoms with van der Waals surface area (Å²) in [7, 11) is 0. The molecule has 0 aliphatic carbocycles. The molecule has 4 heteroatoms. The Balaban J connectivity index is 1.78. The molecule has 0 radical (unpaired) electrons. The van der Waals surface area contributed by atoms with E-state index in [2.05, 4.69) is 45.6 Å². The van der Waals surface area contributed by atoms with Crippen LogP contribution in [0.5, 0.6) is 0 Å². The summed E-state index contributed by atoms with van der Waals surface area (Å²) in [5.41, 5.74) is 2.45. The van der Waals surface area contributed by atoms with Gasteiger partial charge in [0.2, 0.25) is 0 Å². The molecule has 0 saturated heterocycles.